The van der Waals surface area contributed by atoms with Gasteiger partial charge in [-0.05, 0) is 35.9 Å². The van der Waals surface area contributed by atoms with Gasteiger partial charge in [0, 0.05) is 11.2 Å². The largest absolute Gasteiger partial charge is 0.272 e. The van der Waals surface area contributed by atoms with Gasteiger partial charge in [0.05, 0.1) is 23.7 Å². The van der Waals surface area contributed by atoms with Gasteiger partial charge in [0.15, 0.2) is 0 Å². The topological polar surface area (TPSA) is 47.2 Å². The molecular formula is C18H14ClN3O. The highest BCUT2D eigenvalue weighted by atomic mass is 35.5. The van der Waals surface area contributed by atoms with E-state index in [2.05, 4.69) is 10.1 Å². The molecule has 0 aliphatic rings. The first kappa shape index (κ1) is 15.2. The first-order valence-corrected chi connectivity index (χ1v) is 7.51. The summed E-state index contributed by atoms with van der Waals surface area (Å²) in [5.74, 6) is -0.230. The lowest BCUT2D eigenvalue weighted by Gasteiger charge is -2.03. The minimum absolute atomic E-state index is 0.216. The Bertz CT molecular complexity index is 868. The van der Waals surface area contributed by atoms with Gasteiger partial charge in [-0.3, -0.25) is 4.79 Å². The molecule has 0 fully saturated rings. The van der Waals surface area contributed by atoms with Crippen molar-refractivity contribution in [3.8, 4) is 5.69 Å². The average Bonchev–Trinajstić information content (AvgIpc) is 2.56. The Morgan fingerprint density at radius 2 is 1.91 bits per heavy atom. The van der Waals surface area contributed by atoms with E-state index >= 15 is 0 Å². The zero-order chi connectivity index (χ0) is 16.1. The maximum absolute atomic E-state index is 12.0. The van der Waals surface area contributed by atoms with Crippen LogP contribution in [0.1, 0.15) is 5.56 Å². The number of hydrogen-bond donors (Lipinski definition) is 0. The third-order valence-corrected chi connectivity index (χ3v) is 3.45. The Morgan fingerprint density at radius 3 is 2.61 bits per heavy atom. The summed E-state index contributed by atoms with van der Waals surface area (Å²) in [6.45, 7) is 0. The van der Waals surface area contributed by atoms with E-state index < -0.39 is 0 Å². The van der Waals surface area contributed by atoms with Crippen LogP contribution in [0.25, 0.3) is 5.69 Å². The van der Waals surface area contributed by atoms with E-state index in [1.165, 1.54) is 0 Å². The number of amides is 1. The second kappa shape index (κ2) is 7.03. The molecule has 1 aromatic heterocycles. The molecule has 0 bridgehead atoms. The van der Waals surface area contributed by atoms with Gasteiger partial charge < -0.3 is 0 Å². The number of rotatable bonds is 3. The van der Waals surface area contributed by atoms with Gasteiger partial charge in [-0.15, -0.1) is 0 Å². The van der Waals surface area contributed by atoms with Crippen molar-refractivity contribution in [1.29, 1.82) is 0 Å². The molecule has 0 radical (unpaired) electrons. The van der Waals surface area contributed by atoms with E-state index in [4.69, 9.17) is 11.6 Å². The van der Waals surface area contributed by atoms with E-state index in [9.17, 15) is 4.79 Å². The molecule has 4 nitrogen and oxygen atoms in total. The highest BCUT2D eigenvalue weighted by molar-refractivity contribution is 6.30. The van der Waals surface area contributed by atoms with E-state index in [1.54, 1.807) is 35.3 Å². The summed E-state index contributed by atoms with van der Waals surface area (Å²) < 4.78 is 1.72. The Labute approximate surface area is 138 Å². The highest BCUT2D eigenvalue weighted by Gasteiger charge is 2.02. The fourth-order valence-corrected chi connectivity index (χ4v) is 2.37. The lowest BCUT2D eigenvalue weighted by atomic mass is 10.1. The van der Waals surface area contributed by atoms with E-state index in [1.807, 2.05) is 42.5 Å². The van der Waals surface area contributed by atoms with Crippen molar-refractivity contribution >= 4 is 17.5 Å². The van der Waals surface area contributed by atoms with Crippen LogP contribution in [0.4, 0.5) is 0 Å². The fraction of sp³-hybridized carbons (Fsp3) is 0.0556. The molecule has 0 saturated heterocycles. The van der Waals surface area contributed by atoms with Crippen molar-refractivity contribution in [2.75, 3.05) is 0 Å². The summed E-state index contributed by atoms with van der Waals surface area (Å²) in [6, 6.07) is 18.7. The molecule has 0 unspecified atom stereocenters. The van der Waals surface area contributed by atoms with Gasteiger partial charge in [0.25, 0.3) is 5.91 Å². The first-order chi connectivity index (χ1) is 11.2. The molecule has 3 aromatic rings. The number of para-hydroxylation sites is 1. The zero-order valence-corrected chi connectivity index (χ0v) is 13.0. The maximum atomic E-state index is 12.0. The maximum Gasteiger partial charge on any atom is 0.250 e. The molecule has 0 aliphatic carbocycles. The van der Waals surface area contributed by atoms with Crippen LogP contribution in [0.5, 0.6) is 0 Å². The smallest absolute Gasteiger partial charge is 0.250 e. The molecule has 0 aliphatic heterocycles. The minimum atomic E-state index is -0.230. The number of carbonyl (C=O) groups is 1. The molecule has 0 N–H and O–H groups in total. The standard InChI is InChI=1S/C18H14ClN3O/c19-15-6-4-5-14(11-15)12-18(23)21-16-9-10-22(20-13-16)17-7-2-1-3-8-17/h1-11,13H,12H2/b21-16-. The summed E-state index contributed by atoms with van der Waals surface area (Å²) in [5, 5.41) is 5.42. The number of benzene rings is 2. The van der Waals surface area contributed by atoms with Crippen LogP contribution < -0.4 is 5.36 Å². The summed E-state index contributed by atoms with van der Waals surface area (Å²) in [7, 11) is 0. The molecular weight excluding hydrogens is 310 g/mol. The predicted octanol–water partition coefficient (Wildman–Crippen LogP) is 3.20. The van der Waals surface area contributed by atoms with Gasteiger partial charge in [-0.25, -0.2) is 9.67 Å². The first-order valence-electron chi connectivity index (χ1n) is 7.13. The van der Waals surface area contributed by atoms with Gasteiger partial charge in [0.1, 0.15) is 0 Å². The van der Waals surface area contributed by atoms with Crippen molar-refractivity contribution in [2.45, 2.75) is 6.42 Å². The number of carbonyl (C=O) groups excluding carboxylic acids is 1. The predicted molar refractivity (Wildman–Crippen MR) is 89.3 cm³/mol. The summed E-state index contributed by atoms with van der Waals surface area (Å²) in [6.07, 6.45) is 3.57. The van der Waals surface area contributed by atoms with Crippen LogP contribution in [0.15, 0.2) is 78.0 Å². The van der Waals surface area contributed by atoms with E-state index in [-0.39, 0.29) is 12.3 Å². The van der Waals surface area contributed by atoms with Crippen LogP contribution in [0, 0.1) is 0 Å². The zero-order valence-electron chi connectivity index (χ0n) is 12.3. The molecule has 114 valence electrons. The van der Waals surface area contributed by atoms with Crippen LogP contribution in [0.2, 0.25) is 5.02 Å². The lowest BCUT2D eigenvalue weighted by Crippen LogP contribution is -2.12. The SMILES string of the molecule is O=C(Cc1cccc(Cl)c1)/N=c1/ccn(-c2ccccc2)nc1. The summed E-state index contributed by atoms with van der Waals surface area (Å²) in [5.41, 5.74) is 1.79. The van der Waals surface area contributed by atoms with Crippen molar-refractivity contribution in [3.05, 3.63) is 89.0 Å². The Balaban J connectivity index is 1.76. The van der Waals surface area contributed by atoms with Crippen molar-refractivity contribution < 1.29 is 4.79 Å². The number of halogens is 1. The second-order valence-electron chi connectivity index (χ2n) is 4.98. The molecule has 1 heterocycles. The van der Waals surface area contributed by atoms with Crippen LogP contribution in [0.3, 0.4) is 0 Å². The second-order valence-corrected chi connectivity index (χ2v) is 5.41. The van der Waals surface area contributed by atoms with Gasteiger partial charge in [-0.1, -0.05) is 41.9 Å². The van der Waals surface area contributed by atoms with Crippen LogP contribution >= 0.6 is 11.6 Å². The van der Waals surface area contributed by atoms with Gasteiger partial charge in [0.2, 0.25) is 0 Å². The number of nitrogens with zero attached hydrogens (tertiary/aromatic N) is 3. The van der Waals surface area contributed by atoms with Crippen molar-refractivity contribution in [3.63, 3.8) is 0 Å². The Kier molecular flexibility index (Phi) is 4.64. The summed E-state index contributed by atoms with van der Waals surface area (Å²) in [4.78, 5) is 16.1. The van der Waals surface area contributed by atoms with Gasteiger partial charge >= 0.3 is 0 Å². The quantitative estimate of drug-likeness (QED) is 0.743. The fourth-order valence-electron chi connectivity index (χ4n) is 2.15. The minimum Gasteiger partial charge on any atom is -0.272 e. The lowest BCUT2D eigenvalue weighted by molar-refractivity contribution is -0.117. The van der Waals surface area contributed by atoms with Crippen molar-refractivity contribution in [2.24, 2.45) is 4.99 Å². The van der Waals surface area contributed by atoms with Gasteiger partial charge in [-0.2, -0.15) is 5.10 Å². The monoisotopic (exact) mass is 323 g/mol. The normalized spacial score (nSPS) is 11.4. The Hall–Kier alpha value is -2.72. The molecule has 5 heteroatoms. The molecule has 2 aromatic carbocycles. The van der Waals surface area contributed by atoms with Crippen LogP contribution in [-0.4, -0.2) is 15.7 Å². The van der Waals surface area contributed by atoms with E-state index in [0.29, 0.717) is 10.4 Å². The Morgan fingerprint density at radius 1 is 1.09 bits per heavy atom. The highest BCUT2D eigenvalue weighted by Crippen LogP contribution is 2.11. The number of aromatic nitrogens is 2. The van der Waals surface area contributed by atoms with Crippen molar-refractivity contribution in [1.82, 2.24) is 9.78 Å². The third kappa shape index (κ3) is 4.14. The average molecular weight is 324 g/mol. The molecule has 0 saturated carbocycles. The molecule has 3 rings (SSSR count). The van der Waals surface area contributed by atoms with E-state index in [0.717, 1.165) is 11.3 Å². The number of hydrogen-bond acceptors (Lipinski definition) is 2. The summed E-state index contributed by atoms with van der Waals surface area (Å²) >= 11 is 5.91. The molecule has 0 spiro atoms. The third-order valence-electron chi connectivity index (χ3n) is 3.22. The molecule has 0 atom stereocenters. The van der Waals surface area contributed by atoms with Crippen LogP contribution in [-0.2, 0) is 11.2 Å². The molecule has 23 heavy (non-hydrogen) atoms. The molecule has 1 amide bonds.